The van der Waals surface area contributed by atoms with Gasteiger partial charge in [-0.15, -0.1) is 12.4 Å². The van der Waals surface area contributed by atoms with Gasteiger partial charge in [0.1, 0.15) is 5.75 Å². The first kappa shape index (κ1) is 20.7. The van der Waals surface area contributed by atoms with E-state index in [1.54, 1.807) is 12.0 Å². The van der Waals surface area contributed by atoms with Crippen molar-refractivity contribution < 1.29 is 14.3 Å². The van der Waals surface area contributed by atoms with Gasteiger partial charge in [0, 0.05) is 26.8 Å². The van der Waals surface area contributed by atoms with Crippen LogP contribution in [0.5, 0.6) is 5.75 Å². The van der Waals surface area contributed by atoms with Crippen LogP contribution in [0.2, 0.25) is 0 Å². The summed E-state index contributed by atoms with van der Waals surface area (Å²) in [5.74, 6) is 1.16. The highest BCUT2D eigenvalue weighted by atomic mass is 35.5. The number of halogens is 1. The lowest BCUT2D eigenvalue weighted by atomic mass is 9.91. The molecule has 1 atom stereocenters. The van der Waals surface area contributed by atoms with Crippen molar-refractivity contribution in [1.29, 1.82) is 0 Å². The second kappa shape index (κ2) is 10.5. The van der Waals surface area contributed by atoms with E-state index >= 15 is 0 Å². The fourth-order valence-electron chi connectivity index (χ4n) is 2.95. The number of amides is 1. The first-order valence-electron chi connectivity index (χ1n) is 8.33. The number of carbonyl (C=O) groups is 1. The van der Waals surface area contributed by atoms with E-state index in [9.17, 15) is 4.79 Å². The van der Waals surface area contributed by atoms with Gasteiger partial charge in [-0.25, -0.2) is 0 Å². The van der Waals surface area contributed by atoms with Crippen LogP contribution in [0.25, 0.3) is 0 Å². The minimum Gasteiger partial charge on any atom is -0.497 e. The van der Waals surface area contributed by atoms with Crippen LogP contribution in [0.15, 0.2) is 24.3 Å². The normalized spacial score (nSPS) is 16.1. The summed E-state index contributed by atoms with van der Waals surface area (Å²) < 4.78 is 10.5. The van der Waals surface area contributed by atoms with Crippen LogP contribution in [-0.4, -0.2) is 50.8 Å². The van der Waals surface area contributed by atoms with Crippen molar-refractivity contribution in [2.45, 2.75) is 31.7 Å². The van der Waals surface area contributed by atoms with E-state index in [2.05, 4.69) is 12.1 Å². The molecule has 5 nitrogen and oxygen atoms in total. The van der Waals surface area contributed by atoms with Crippen molar-refractivity contribution in [3.63, 3.8) is 0 Å². The highest BCUT2D eigenvalue weighted by Crippen LogP contribution is 2.19. The van der Waals surface area contributed by atoms with Crippen molar-refractivity contribution in [3.05, 3.63) is 29.8 Å². The number of likely N-dealkylation sites (N-methyl/N-ethyl adjacent to an activating group) is 1. The molecule has 1 saturated heterocycles. The van der Waals surface area contributed by atoms with Gasteiger partial charge in [-0.2, -0.15) is 0 Å². The van der Waals surface area contributed by atoms with Crippen molar-refractivity contribution in [2.75, 3.05) is 33.9 Å². The molecule has 1 aliphatic heterocycles. The molecule has 0 aliphatic carbocycles. The molecule has 2 rings (SSSR count). The van der Waals surface area contributed by atoms with E-state index < -0.39 is 6.04 Å². The number of nitrogens with two attached hydrogens (primary N) is 1. The first-order chi connectivity index (χ1) is 11.1. The fraction of sp³-hybridized carbons (Fsp3) is 0.611. The largest absolute Gasteiger partial charge is 0.497 e. The van der Waals surface area contributed by atoms with Gasteiger partial charge < -0.3 is 20.1 Å². The molecule has 2 N–H and O–H groups in total. The molecular weight excluding hydrogens is 328 g/mol. The van der Waals surface area contributed by atoms with Gasteiger partial charge in [-0.1, -0.05) is 12.1 Å². The minimum atomic E-state index is -0.398. The summed E-state index contributed by atoms with van der Waals surface area (Å²) in [4.78, 5) is 14.2. The molecule has 1 aromatic carbocycles. The zero-order chi connectivity index (χ0) is 16.7. The van der Waals surface area contributed by atoms with Crippen molar-refractivity contribution >= 4 is 18.3 Å². The van der Waals surface area contributed by atoms with E-state index in [1.165, 1.54) is 5.56 Å². The molecule has 0 saturated carbocycles. The van der Waals surface area contributed by atoms with Gasteiger partial charge in [0.05, 0.1) is 13.2 Å². The quantitative estimate of drug-likeness (QED) is 0.813. The number of hydrogen-bond donors (Lipinski definition) is 1. The summed E-state index contributed by atoms with van der Waals surface area (Å²) in [5.41, 5.74) is 7.40. The average molecular weight is 357 g/mol. The lowest BCUT2D eigenvalue weighted by molar-refractivity contribution is -0.133. The lowest BCUT2D eigenvalue weighted by Gasteiger charge is -2.29. The molecule has 1 fully saturated rings. The smallest absolute Gasteiger partial charge is 0.239 e. The molecule has 136 valence electrons. The molecule has 1 heterocycles. The van der Waals surface area contributed by atoms with Gasteiger partial charge in [0.25, 0.3) is 0 Å². The van der Waals surface area contributed by atoms with Gasteiger partial charge in [-0.05, 0) is 49.3 Å². The summed E-state index contributed by atoms with van der Waals surface area (Å²) in [6, 6.07) is 7.66. The van der Waals surface area contributed by atoms with E-state index in [0.29, 0.717) is 13.2 Å². The number of methoxy groups -OCH3 is 1. The predicted octanol–water partition coefficient (Wildman–Crippen LogP) is 2.26. The Bertz CT molecular complexity index is 490. The van der Waals surface area contributed by atoms with E-state index in [0.717, 1.165) is 38.0 Å². The third kappa shape index (κ3) is 5.96. The van der Waals surface area contributed by atoms with Crippen LogP contribution in [0, 0.1) is 5.92 Å². The van der Waals surface area contributed by atoms with Gasteiger partial charge in [0.15, 0.2) is 0 Å². The molecule has 24 heavy (non-hydrogen) atoms. The summed E-state index contributed by atoms with van der Waals surface area (Å²) in [6.45, 7) is 2.15. The first-order valence-corrected chi connectivity index (χ1v) is 8.33. The highest BCUT2D eigenvalue weighted by Gasteiger charge is 2.28. The zero-order valence-electron chi connectivity index (χ0n) is 14.6. The predicted molar refractivity (Wildman–Crippen MR) is 97.7 cm³/mol. The summed E-state index contributed by atoms with van der Waals surface area (Å²) >= 11 is 0. The standard InChI is InChI=1S/C18H28N2O3.ClH/c1-20(18(21)17(19)15-9-12-23-13-10-15)11-3-4-14-5-7-16(22-2)8-6-14;/h5-8,15,17H,3-4,9-13,19H2,1-2H3;1H. The summed E-state index contributed by atoms with van der Waals surface area (Å²) in [7, 11) is 3.51. The summed E-state index contributed by atoms with van der Waals surface area (Å²) in [5, 5.41) is 0. The number of nitrogens with zero attached hydrogens (tertiary/aromatic N) is 1. The molecule has 1 aliphatic rings. The van der Waals surface area contributed by atoms with Crippen molar-refractivity contribution in [1.82, 2.24) is 4.90 Å². The Labute approximate surface area is 150 Å². The SMILES string of the molecule is COc1ccc(CCCN(C)C(=O)C(N)C2CCOCC2)cc1.Cl. The lowest BCUT2D eigenvalue weighted by Crippen LogP contribution is -2.48. The second-order valence-corrected chi connectivity index (χ2v) is 6.19. The zero-order valence-corrected chi connectivity index (χ0v) is 15.4. The fourth-order valence-corrected chi connectivity index (χ4v) is 2.95. The Morgan fingerprint density at radius 1 is 1.33 bits per heavy atom. The Morgan fingerprint density at radius 3 is 2.54 bits per heavy atom. The van der Waals surface area contributed by atoms with Gasteiger partial charge in [-0.3, -0.25) is 4.79 Å². The molecule has 1 unspecified atom stereocenters. The third-order valence-electron chi connectivity index (χ3n) is 4.55. The van der Waals surface area contributed by atoms with Crippen LogP contribution >= 0.6 is 12.4 Å². The van der Waals surface area contributed by atoms with Crippen molar-refractivity contribution in [3.8, 4) is 5.75 Å². The van der Waals surface area contributed by atoms with E-state index in [4.69, 9.17) is 15.2 Å². The Morgan fingerprint density at radius 2 is 1.96 bits per heavy atom. The average Bonchev–Trinajstić information content (AvgIpc) is 2.61. The number of benzene rings is 1. The minimum absolute atomic E-state index is 0. The van der Waals surface area contributed by atoms with Crippen LogP contribution in [0.3, 0.4) is 0 Å². The molecule has 1 amide bonds. The van der Waals surface area contributed by atoms with E-state index in [1.807, 2.05) is 19.2 Å². The molecular formula is C18H29ClN2O3. The number of hydrogen-bond acceptors (Lipinski definition) is 4. The van der Waals surface area contributed by atoms with Crippen LogP contribution in [0.4, 0.5) is 0 Å². The van der Waals surface area contributed by atoms with Crippen LogP contribution in [0.1, 0.15) is 24.8 Å². The molecule has 0 radical (unpaired) electrons. The molecule has 1 aromatic rings. The number of rotatable bonds is 7. The Balaban J connectivity index is 0.00000288. The molecule has 0 aromatic heterocycles. The number of carbonyl (C=O) groups excluding carboxylic acids is 1. The summed E-state index contributed by atoms with van der Waals surface area (Å²) in [6.07, 6.45) is 3.63. The van der Waals surface area contributed by atoms with Gasteiger partial charge in [0.2, 0.25) is 5.91 Å². The molecule has 0 bridgehead atoms. The molecule has 6 heteroatoms. The third-order valence-corrected chi connectivity index (χ3v) is 4.55. The van der Waals surface area contributed by atoms with Gasteiger partial charge >= 0.3 is 0 Å². The highest BCUT2D eigenvalue weighted by molar-refractivity contribution is 5.85. The second-order valence-electron chi connectivity index (χ2n) is 6.19. The van der Waals surface area contributed by atoms with Crippen LogP contribution < -0.4 is 10.5 Å². The van der Waals surface area contributed by atoms with Crippen LogP contribution in [-0.2, 0) is 16.0 Å². The van der Waals surface area contributed by atoms with Crippen molar-refractivity contribution in [2.24, 2.45) is 11.7 Å². The Kier molecular flexibility index (Phi) is 9.11. The van der Waals surface area contributed by atoms with E-state index in [-0.39, 0.29) is 24.2 Å². The maximum atomic E-state index is 12.4. The monoisotopic (exact) mass is 356 g/mol. The maximum absolute atomic E-state index is 12.4. The number of aryl methyl sites for hydroxylation is 1. The molecule has 0 spiro atoms. The Hall–Kier alpha value is -1.30. The number of ether oxygens (including phenoxy) is 2. The maximum Gasteiger partial charge on any atom is 0.239 e. The topological polar surface area (TPSA) is 64.8 Å².